The molecule has 2 aromatic carbocycles. The van der Waals surface area contributed by atoms with Crippen LogP contribution < -0.4 is 15.9 Å². The number of thiocarbonyl (C=S) groups is 1. The molecule has 7 heteroatoms. The van der Waals surface area contributed by atoms with Gasteiger partial charge < -0.3 is 10.5 Å². The van der Waals surface area contributed by atoms with Crippen molar-refractivity contribution in [2.75, 3.05) is 0 Å². The van der Waals surface area contributed by atoms with Crippen LogP contribution >= 0.6 is 12.2 Å². The van der Waals surface area contributed by atoms with Crippen molar-refractivity contribution in [3.8, 4) is 5.75 Å². The van der Waals surface area contributed by atoms with E-state index in [1.54, 1.807) is 24.3 Å². The zero-order valence-corrected chi connectivity index (χ0v) is 12.1. The third-order valence-corrected chi connectivity index (χ3v) is 2.65. The maximum Gasteiger partial charge on any atom is 0.343 e. The van der Waals surface area contributed by atoms with Gasteiger partial charge in [-0.1, -0.05) is 0 Å². The lowest BCUT2D eigenvalue weighted by Gasteiger charge is -2.04. The number of carbonyl (C=O) groups excluding carboxylic acids is 1. The summed E-state index contributed by atoms with van der Waals surface area (Å²) in [7, 11) is 0. The smallest absolute Gasteiger partial charge is 0.343 e. The van der Waals surface area contributed by atoms with Crippen LogP contribution in [0.2, 0.25) is 0 Å². The maximum absolute atomic E-state index is 12.8. The van der Waals surface area contributed by atoms with E-state index in [2.05, 4.69) is 22.7 Å². The average molecular weight is 317 g/mol. The summed E-state index contributed by atoms with van der Waals surface area (Å²) in [4.78, 5) is 11.8. The molecule has 0 aliphatic carbocycles. The van der Waals surface area contributed by atoms with Crippen LogP contribution in [0.1, 0.15) is 15.9 Å². The van der Waals surface area contributed by atoms with Crippen LogP contribution in [0.15, 0.2) is 53.6 Å². The van der Waals surface area contributed by atoms with Gasteiger partial charge in [0, 0.05) is 0 Å². The topological polar surface area (TPSA) is 76.7 Å². The second-order valence-electron chi connectivity index (χ2n) is 4.20. The van der Waals surface area contributed by atoms with Gasteiger partial charge >= 0.3 is 5.97 Å². The second-order valence-corrected chi connectivity index (χ2v) is 4.64. The lowest BCUT2D eigenvalue weighted by molar-refractivity contribution is 0.0734. The Morgan fingerprint density at radius 2 is 1.82 bits per heavy atom. The number of hydrogen-bond acceptors (Lipinski definition) is 4. The van der Waals surface area contributed by atoms with E-state index in [4.69, 9.17) is 10.5 Å². The van der Waals surface area contributed by atoms with E-state index in [0.717, 1.165) is 5.56 Å². The van der Waals surface area contributed by atoms with Crippen molar-refractivity contribution in [3.05, 3.63) is 65.5 Å². The minimum Gasteiger partial charge on any atom is -0.423 e. The molecule has 2 rings (SSSR count). The minimum absolute atomic E-state index is 0.0705. The highest BCUT2D eigenvalue weighted by Gasteiger charge is 2.08. The highest BCUT2D eigenvalue weighted by atomic mass is 32.1. The fourth-order valence-corrected chi connectivity index (χ4v) is 1.60. The van der Waals surface area contributed by atoms with E-state index in [-0.39, 0.29) is 10.7 Å². The van der Waals surface area contributed by atoms with E-state index in [1.165, 1.54) is 30.5 Å². The number of carbonyl (C=O) groups is 1. The summed E-state index contributed by atoms with van der Waals surface area (Å²) < 4.78 is 18.0. The molecule has 0 amide bonds. The minimum atomic E-state index is -0.559. The van der Waals surface area contributed by atoms with Crippen LogP contribution in [-0.2, 0) is 0 Å². The molecular formula is C15H12FN3O2S. The monoisotopic (exact) mass is 317 g/mol. The zero-order valence-electron chi connectivity index (χ0n) is 11.3. The molecule has 0 saturated carbocycles. The Labute approximate surface area is 131 Å². The maximum atomic E-state index is 12.8. The molecule has 0 aliphatic rings. The summed E-state index contributed by atoms with van der Waals surface area (Å²) in [5.74, 6) is -0.601. The third-order valence-electron chi connectivity index (χ3n) is 2.56. The normalized spacial score (nSPS) is 10.4. The number of benzene rings is 2. The largest absolute Gasteiger partial charge is 0.423 e. The van der Waals surface area contributed by atoms with Gasteiger partial charge in [0.15, 0.2) is 5.11 Å². The van der Waals surface area contributed by atoms with Gasteiger partial charge in [-0.25, -0.2) is 9.18 Å². The first-order valence-corrected chi connectivity index (χ1v) is 6.62. The predicted octanol–water partition coefficient (Wildman–Crippen LogP) is 2.21. The Kier molecular flexibility index (Phi) is 5.16. The van der Waals surface area contributed by atoms with Crippen LogP contribution in [-0.4, -0.2) is 17.3 Å². The lowest BCUT2D eigenvalue weighted by Crippen LogP contribution is -2.23. The second kappa shape index (κ2) is 7.28. The molecule has 0 atom stereocenters. The van der Waals surface area contributed by atoms with Gasteiger partial charge in [-0.3, -0.25) is 5.43 Å². The highest BCUT2D eigenvalue weighted by Crippen LogP contribution is 2.14. The van der Waals surface area contributed by atoms with Crippen LogP contribution in [0, 0.1) is 5.82 Å². The highest BCUT2D eigenvalue weighted by molar-refractivity contribution is 7.80. The number of nitrogens with two attached hydrogens (primary N) is 1. The molecule has 3 N–H and O–H groups in total. The fourth-order valence-electron chi connectivity index (χ4n) is 1.54. The number of rotatable bonds is 4. The fraction of sp³-hybridized carbons (Fsp3) is 0. The van der Waals surface area contributed by atoms with Gasteiger partial charge in [0.05, 0.1) is 11.8 Å². The summed E-state index contributed by atoms with van der Waals surface area (Å²) in [5.41, 5.74) is 8.70. The summed E-state index contributed by atoms with van der Waals surface area (Å²) in [5, 5.41) is 3.87. The molecule has 0 radical (unpaired) electrons. The van der Waals surface area contributed by atoms with Crippen LogP contribution in [0.3, 0.4) is 0 Å². The molecule has 112 valence electrons. The summed E-state index contributed by atoms with van der Waals surface area (Å²) in [6, 6.07) is 11.8. The number of ether oxygens (including phenoxy) is 1. The number of hydrazone groups is 1. The molecule has 0 saturated heterocycles. The summed E-state index contributed by atoms with van der Waals surface area (Å²) >= 11 is 4.61. The van der Waals surface area contributed by atoms with Crippen molar-refractivity contribution >= 4 is 29.5 Å². The Bertz CT molecular complexity index is 700. The Morgan fingerprint density at radius 1 is 1.18 bits per heavy atom. The molecule has 0 unspecified atom stereocenters. The first-order valence-electron chi connectivity index (χ1n) is 6.21. The molecule has 0 aromatic heterocycles. The first-order chi connectivity index (χ1) is 10.5. The number of halogens is 1. The molecule has 0 bridgehead atoms. The number of esters is 1. The zero-order chi connectivity index (χ0) is 15.9. The van der Waals surface area contributed by atoms with Gasteiger partial charge in [-0.2, -0.15) is 5.10 Å². The lowest BCUT2D eigenvalue weighted by atomic mass is 10.2. The van der Waals surface area contributed by atoms with Gasteiger partial charge in [0.25, 0.3) is 0 Å². The van der Waals surface area contributed by atoms with E-state index >= 15 is 0 Å². The molecule has 0 aliphatic heterocycles. The SMILES string of the molecule is NC(=S)N/N=C/c1ccc(OC(=O)c2ccc(F)cc2)cc1. The van der Waals surface area contributed by atoms with Crippen molar-refractivity contribution in [3.63, 3.8) is 0 Å². The van der Waals surface area contributed by atoms with Crippen molar-refractivity contribution in [1.82, 2.24) is 5.43 Å². The average Bonchev–Trinajstić information content (AvgIpc) is 2.49. The number of nitrogens with one attached hydrogen (secondary N) is 1. The van der Waals surface area contributed by atoms with E-state index in [1.807, 2.05) is 0 Å². The standard InChI is InChI=1S/C15H12FN3O2S/c16-12-5-3-11(4-6-12)14(20)21-13-7-1-10(2-8-13)9-18-19-15(17)22/h1-9H,(H3,17,19,22)/b18-9+. The van der Waals surface area contributed by atoms with Gasteiger partial charge in [-0.05, 0) is 66.3 Å². The van der Waals surface area contributed by atoms with Gasteiger partial charge in [-0.15, -0.1) is 0 Å². The van der Waals surface area contributed by atoms with Crippen molar-refractivity contribution in [1.29, 1.82) is 0 Å². The Balaban J connectivity index is 1.98. The van der Waals surface area contributed by atoms with E-state index in [9.17, 15) is 9.18 Å². The van der Waals surface area contributed by atoms with Crippen molar-refractivity contribution in [2.45, 2.75) is 0 Å². The summed E-state index contributed by atoms with van der Waals surface area (Å²) in [6.45, 7) is 0. The Hall–Kier alpha value is -2.80. The van der Waals surface area contributed by atoms with Crippen LogP contribution in [0.25, 0.3) is 0 Å². The quantitative estimate of drug-likeness (QED) is 0.297. The molecular weight excluding hydrogens is 305 g/mol. The molecule has 2 aromatic rings. The first kappa shape index (κ1) is 15.6. The molecule has 0 fully saturated rings. The molecule has 0 spiro atoms. The molecule has 22 heavy (non-hydrogen) atoms. The van der Waals surface area contributed by atoms with E-state index < -0.39 is 11.8 Å². The van der Waals surface area contributed by atoms with Crippen molar-refractivity contribution in [2.24, 2.45) is 10.8 Å². The number of nitrogens with zero attached hydrogens (tertiary/aromatic N) is 1. The van der Waals surface area contributed by atoms with Crippen LogP contribution in [0.5, 0.6) is 5.75 Å². The summed E-state index contributed by atoms with van der Waals surface area (Å²) in [6.07, 6.45) is 1.52. The predicted molar refractivity (Wildman–Crippen MR) is 85.3 cm³/mol. The third kappa shape index (κ3) is 4.64. The van der Waals surface area contributed by atoms with Gasteiger partial charge in [0.1, 0.15) is 11.6 Å². The molecule has 5 nitrogen and oxygen atoms in total. The van der Waals surface area contributed by atoms with E-state index in [0.29, 0.717) is 5.75 Å². The number of hydrogen-bond donors (Lipinski definition) is 2. The van der Waals surface area contributed by atoms with Crippen molar-refractivity contribution < 1.29 is 13.9 Å². The van der Waals surface area contributed by atoms with Crippen LogP contribution in [0.4, 0.5) is 4.39 Å². The van der Waals surface area contributed by atoms with Gasteiger partial charge in [0.2, 0.25) is 0 Å². The Morgan fingerprint density at radius 3 is 2.41 bits per heavy atom. The molecule has 0 heterocycles.